The number of pyridine rings is 1. The summed E-state index contributed by atoms with van der Waals surface area (Å²) < 4.78 is 5.44. The largest absolute Gasteiger partial charge is 0.378 e. The number of carbonyl (C=O) groups excluding carboxylic acids is 1. The number of aromatic nitrogens is 1. The van der Waals surface area contributed by atoms with E-state index < -0.39 is 0 Å². The molecule has 1 amide bonds. The maximum Gasteiger partial charge on any atom is 0.253 e. The third kappa shape index (κ3) is 4.61. The summed E-state index contributed by atoms with van der Waals surface area (Å²) in [6.45, 7) is 5.18. The van der Waals surface area contributed by atoms with Crippen molar-refractivity contribution in [3.05, 3.63) is 59.9 Å². The monoisotopic (exact) mass is 353 g/mol. The van der Waals surface area contributed by atoms with Crippen LogP contribution in [0.1, 0.15) is 48.1 Å². The molecular weight excluding hydrogens is 326 g/mol. The number of carbonyl (C=O) groups is 1. The van der Waals surface area contributed by atoms with Gasteiger partial charge in [0.05, 0.1) is 24.8 Å². The van der Waals surface area contributed by atoms with E-state index in [4.69, 9.17) is 4.74 Å². The van der Waals surface area contributed by atoms with Gasteiger partial charge in [0.1, 0.15) is 0 Å². The topological polar surface area (TPSA) is 54.5 Å². The molecule has 1 aliphatic heterocycles. The molecule has 138 valence electrons. The molecule has 1 N–H and O–H groups in total. The van der Waals surface area contributed by atoms with Gasteiger partial charge in [0.25, 0.3) is 5.91 Å². The molecule has 2 heterocycles. The molecule has 2 aromatic rings. The summed E-state index contributed by atoms with van der Waals surface area (Å²) in [4.78, 5) is 19.5. The quantitative estimate of drug-likeness (QED) is 0.827. The van der Waals surface area contributed by atoms with Crippen molar-refractivity contribution in [3.63, 3.8) is 0 Å². The van der Waals surface area contributed by atoms with E-state index >= 15 is 0 Å². The minimum atomic E-state index is -0.0305. The fourth-order valence-corrected chi connectivity index (χ4v) is 3.29. The van der Waals surface area contributed by atoms with Crippen LogP contribution in [0.4, 0.5) is 5.69 Å². The van der Waals surface area contributed by atoms with Gasteiger partial charge in [0.2, 0.25) is 0 Å². The summed E-state index contributed by atoms with van der Waals surface area (Å²) >= 11 is 0. The van der Waals surface area contributed by atoms with Crippen LogP contribution in [0.25, 0.3) is 0 Å². The highest BCUT2D eigenvalue weighted by Crippen LogP contribution is 2.24. The minimum Gasteiger partial charge on any atom is -0.378 e. The second-order valence-corrected chi connectivity index (χ2v) is 6.57. The molecule has 0 bridgehead atoms. The number of nitrogens with zero attached hydrogens (tertiary/aromatic N) is 2. The molecule has 1 aromatic heterocycles. The lowest BCUT2D eigenvalue weighted by Crippen LogP contribution is -2.38. The molecule has 5 heteroatoms. The van der Waals surface area contributed by atoms with Crippen LogP contribution in [-0.2, 0) is 4.74 Å². The van der Waals surface area contributed by atoms with Gasteiger partial charge in [0.15, 0.2) is 0 Å². The van der Waals surface area contributed by atoms with E-state index in [9.17, 15) is 4.79 Å². The van der Waals surface area contributed by atoms with Crippen molar-refractivity contribution in [2.24, 2.45) is 0 Å². The van der Waals surface area contributed by atoms with Crippen LogP contribution < -0.4 is 10.2 Å². The van der Waals surface area contributed by atoms with E-state index in [0.717, 1.165) is 49.2 Å². The van der Waals surface area contributed by atoms with Crippen LogP contribution >= 0.6 is 0 Å². The van der Waals surface area contributed by atoms with Gasteiger partial charge < -0.3 is 15.0 Å². The first-order chi connectivity index (χ1) is 12.8. The standard InChI is InChI=1S/C21H27N3O2/c1-2-3-9-19(17-7-6-11-22-16-17)23-21(25)18-8-4-5-10-20(18)24-12-14-26-15-13-24/h4-8,10-11,16,19H,2-3,9,12-15H2,1H3,(H,23,25). The molecule has 1 aromatic carbocycles. The molecule has 0 aliphatic carbocycles. The molecule has 1 saturated heterocycles. The van der Waals surface area contributed by atoms with Crippen molar-refractivity contribution in [1.29, 1.82) is 0 Å². The van der Waals surface area contributed by atoms with Gasteiger partial charge in [-0.15, -0.1) is 0 Å². The van der Waals surface area contributed by atoms with E-state index in [1.807, 2.05) is 42.6 Å². The Kier molecular flexibility index (Phi) is 6.61. The number of para-hydroxylation sites is 1. The van der Waals surface area contributed by atoms with Crippen molar-refractivity contribution >= 4 is 11.6 Å². The molecule has 0 spiro atoms. The van der Waals surface area contributed by atoms with Crippen LogP contribution in [0.5, 0.6) is 0 Å². The number of benzene rings is 1. The number of hydrogen-bond donors (Lipinski definition) is 1. The lowest BCUT2D eigenvalue weighted by Gasteiger charge is -2.30. The molecule has 1 fully saturated rings. The van der Waals surface area contributed by atoms with Gasteiger partial charge >= 0.3 is 0 Å². The normalized spacial score (nSPS) is 15.5. The van der Waals surface area contributed by atoms with Crippen LogP contribution in [0.3, 0.4) is 0 Å². The number of anilines is 1. The first kappa shape index (κ1) is 18.4. The highest BCUT2D eigenvalue weighted by atomic mass is 16.5. The maximum atomic E-state index is 13.1. The van der Waals surface area contributed by atoms with Gasteiger partial charge in [-0.05, 0) is 30.2 Å². The Balaban J connectivity index is 1.79. The number of hydrogen-bond acceptors (Lipinski definition) is 4. The number of amides is 1. The fraction of sp³-hybridized carbons (Fsp3) is 0.429. The lowest BCUT2D eigenvalue weighted by atomic mass is 10.0. The molecule has 5 nitrogen and oxygen atoms in total. The van der Waals surface area contributed by atoms with E-state index in [1.165, 1.54) is 0 Å². The number of morpholine rings is 1. The third-order valence-electron chi connectivity index (χ3n) is 4.74. The number of nitrogens with one attached hydrogen (secondary N) is 1. The van der Waals surface area contributed by atoms with Gasteiger partial charge in [-0.2, -0.15) is 0 Å². The van der Waals surface area contributed by atoms with Gasteiger partial charge in [0, 0.05) is 31.2 Å². The van der Waals surface area contributed by atoms with Crippen molar-refractivity contribution < 1.29 is 9.53 Å². The number of ether oxygens (including phenoxy) is 1. The van der Waals surface area contributed by atoms with E-state index in [-0.39, 0.29) is 11.9 Å². The second-order valence-electron chi connectivity index (χ2n) is 6.57. The molecule has 1 unspecified atom stereocenters. The highest BCUT2D eigenvalue weighted by molar-refractivity contribution is 6.00. The highest BCUT2D eigenvalue weighted by Gasteiger charge is 2.21. The first-order valence-electron chi connectivity index (χ1n) is 9.42. The number of rotatable bonds is 7. The SMILES string of the molecule is CCCCC(NC(=O)c1ccccc1N1CCOCC1)c1cccnc1. The Morgan fingerprint density at radius 1 is 1.23 bits per heavy atom. The van der Waals surface area contributed by atoms with Gasteiger partial charge in [-0.25, -0.2) is 0 Å². The molecule has 0 radical (unpaired) electrons. The zero-order chi connectivity index (χ0) is 18.2. The predicted molar refractivity (Wildman–Crippen MR) is 103 cm³/mol. The Morgan fingerprint density at radius 3 is 2.77 bits per heavy atom. The van der Waals surface area contributed by atoms with Crippen LogP contribution in [0.2, 0.25) is 0 Å². The summed E-state index contributed by atoms with van der Waals surface area (Å²) in [7, 11) is 0. The minimum absolute atomic E-state index is 0.0195. The average Bonchev–Trinajstić information content (AvgIpc) is 2.72. The van der Waals surface area contributed by atoms with Gasteiger partial charge in [-0.1, -0.05) is 38.0 Å². The first-order valence-corrected chi connectivity index (χ1v) is 9.42. The number of unbranched alkanes of at least 4 members (excludes halogenated alkanes) is 1. The van der Waals surface area contributed by atoms with Crippen molar-refractivity contribution in [1.82, 2.24) is 10.3 Å². The van der Waals surface area contributed by atoms with Crippen LogP contribution in [0.15, 0.2) is 48.8 Å². The Bertz CT molecular complexity index is 699. The summed E-state index contributed by atoms with van der Waals surface area (Å²) in [5.41, 5.74) is 2.76. The van der Waals surface area contributed by atoms with E-state index in [1.54, 1.807) is 6.20 Å². The molecule has 3 rings (SSSR count). The Morgan fingerprint density at radius 2 is 2.04 bits per heavy atom. The molecule has 0 saturated carbocycles. The summed E-state index contributed by atoms with van der Waals surface area (Å²) in [6.07, 6.45) is 6.67. The smallest absolute Gasteiger partial charge is 0.253 e. The molecule has 1 atom stereocenters. The molecular formula is C21H27N3O2. The summed E-state index contributed by atoms with van der Waals surface area (Å²) in [6, 6.07) is 11.8. The van der Waals surface area contributed by atoms with E-state index in [2.05, 4.69) is 22.1 Å². The Labute approximate surface area is 155 Å². The second kappa shape index (κ2) is 9.34. The van der Waals surface area contributed by atoms with Crippen LogP contribution in [0, 0.1) is 0 Å². The molecule has 1 aliphatic rings. The van der Waals surface area contributed by atoms with Crippen LogP contribution in [-0.4, -0.2) is 37.2 Å². The van der Waals surface area contributed by atoms with Gasteiger partial charge in [-0.3, -0.25) is 9.78 Å². The fourth-order valence-electron chi connectivity index (χ4n) is 3.29. The Hall–Kier alpha value is -2.40. The predicted octanol–water partition coefficient (Wildman–Crippen LogP) is 3.58. The summed E-state index contributed by atoms with van der Waals surface area (Å²) in [5.74, 6) is -0.0305. The lowest BCUT2D eigenvalue weighted by molar-refractivity contribution is 0.0932. The van der Waals surface area contributed by atoms with Crippen molar-refractivity contribution in [2.45, 2.75) is 32.2 Å². The maximum absolute atomic E-state index is 13.1. The van der Waals surface area contributed by atoms with E-state index in [0.29, 0.717) is 13.2 Å². The summed E-state index contributed by atoms with van der Waals surface area (Å²) in [5, 5.41) is 3.23. The van der Waals surface area contributed by atoms with Crippen molar-refractivity contribution in [2.75, 3.05) is 31.2 Å². The zero-order valence-electron chi connectivity index (χ0n) is 15.4. The van der Waals surface area contributed by atoms with Crippen molar-refractivity contribution in [3.8, 4) is 0 Å². The third-order valence-corrected chi connectivity index (χ3v) is 4.74. The average molecular weight is 353 g/mol. The zero-order valence-corrected chi connectivity index (χ0v) is 15.4. The molecule has 26 heavy (non-hydrogen) atoms.